The number of hydrogen-bond acceptors (Lipinski definition) is 4. The number of piperidine rings is 1. The van der Waals surface area contributed by atoms with Gasteiger partial charge in [-0.25, -0.2) is 0 Å². The molecular formula is C22H29N3O2. The summed E-state index contributed by atoms with van der Waals surface area (Å²) in [5.41, 5.74) is 4.05. The molecule has 5 heteroatoms. The number of hydrogen-bond donors (Lipinski definition) is 0. The van der Waals surface area contributed by atoms with Crippen molar-refractivity contribution in [1.29, 1.82) is 0 Å². The summed E-state index contributed by atoms with van der Waals surface area (Å²) in [6, 6.07) is 10.6. The van der Waals surface area contributed by atoms with E-state index in [2.05, 4.69) is 35.0 Å². The minimum Gasteiger partial charge on any atom is -0.468 e. The maximum atomic E-state index is 12.9. The molecule has 0 atom stereocenters. The molecule has 27 heavy (non-hydrogen) atoms. The van der Waals surface area contributed by atoms with E-state index in [0.29, 0.717) is 6.54 Å². The minimum absolute atomic E-state index is 0.142. The smallest absolute Gasteiger partial charge is 0.225 e. The van der Waals surface area contributed by atoms with Gasteiger partial charge < -0.3 is 9.32 Å². The van der Waals surface area contributed by atoms with Crippen LogP contribution < -0.4 is 0 Å². The lowest BCUT2D eigenvalue weighted by Gasteiger charge is -2.32. The Morgan fingerprint density at radius 1 is 1.19 bits per heavy atom. The fourth-order valence-electron chi connectivity index (χ4n) is 4.34. The lowest BCUT2D eigenvalue weighted by atomic mass is 9.95. The third kappa shape index (κ3) is 4.25. The van der Waals surface area contributed by atoms with Gasteiger partial charge in [0, 0.05) is 32.6 Å². The molecule has 1 fully saturated rings. The van der Waals surface area contributed by atoms with Crippen molar-refractivity contribution in [3.05, 3.63) is 59.0 Å². The minimum atomic E-state index is 0.142. The van der Waals surface area contributed by atoms with E-state index in [0.717, 1.165) is 51.3 Å². The SMILES string of the molecule is CN1Cc2ccc(CN(C)C(=O)C3CCN(Cc4ccco4)CC3)cc2C1. The molecule has 5 nitrogen and oxygen atoms in total. The Hall–Kier alpha value is -2.11. The second kappa shape index (κ2) is 7.87. The summed E-state index contributed by atoms with van der Waals surface area (Å²) in [5, 5.41) is 0. The number of benzene rings is 1. The Morgan fingerprint density at radius 2 is 1.96 bits per heavy atom. The van der Waals surface area contributed by atoms with Crippen LogP contribution in [0.25, 0.3) is 0 Å². The van der Waals surface area contributed by atoms with Crippen molar-refractivity contribution in [2.75, 3.05) is 27.2 Å². The van der Waals surface area contributed by atoms with Crippen LogP contribution in [0.5, 0.6) is 0 Å². The zero-order valence-electron chi connectivity index (χ0n) is 16.4. The quantitative estimate of drug-likeness (QED) is 0.814. The first-order valence-corrected chi connectivity index (χ1v) is 9.87. The van der Waals surface area contributed by atoms with Crippen LogP contribution in [-0.2, 0) is 31.0 Å². The second-order valence-corrected chi connectivity index (χ2v) is 8.10. The van der Waals surface area contributed by atoms with E-state index in [1.165, 1.54) is 16.7 Å². The van der Waals surface area contributed by atoms with Crippen molar-refractivity contribution in [3.8, 4) is 0 Å². The van der Waals surface area contributed by atoms with E-state index >= 15 is 0 Å². The number of carbonyl (C=O) groups is 1. The largest absolute Gasteiger partial charge is 0.468 e. The predicted molar refractivity (Wildman–Crippen MR) is 105 cm³/mol. The average Bonchev–Trinajstić information content (AvgIpc) is 3.30. The summed E-state index contributed by atoms with van der Waals surface area (Å²) in [6.45, 7) is 5.48. The summed E-state index contributed by atoms with van der Waals surface area (Å²) in [6.07, 6.45) is 3.58. The molecule has 144 valence electrons. The highest BCUT2D eigenvalue weighted by atomic mass is 16.3. The number of fused-ring (bicyclic) bond motifs is 1. The van der Waals surface area contributed by atoms with E-state index in [1.807, 2.05) is 24.1 Å². The highest BCUT2D eigenvalue weighted by molar-refractivity contribution is 5.78. The fourth-order valence-corrected chi connectivity index (χ4v) is 4.34. The molecule has 2 aliphatic rings. The molecule has 2 aliphatic heterocycles. The first kappa shape index (κ1) is 18.3. The molecule has 0 N–H and O–H groups in total. The molecular weight excluding hydrogens is 338 g/mol. The van der Waals surface area contributed by atoms with E-state index in [9.17, 15) is 4.79 Å². The van der Waals surface area contributed by atoms with E-state index in [4.69, 9.17) is 4.42 Å². The fraction of sp³-hybridized carbons (Fsp3) is 0.500. The van der Waals surface area contributed by atoms with Crippen molar-refractivity contribution in [2.24, 2.45) is 5.92 Å². The van der Waals surface area contributed by atoms with Crippen LogP contribution in [0.15, 0.2) is 41.0 Å². The van der Waals surface area contributed by atoms with Gasteiger partial charge in [0.05, 0.1) is 12.8 Å². The molecule has 0 spiro atoms. The Balaban J connectivity index is 1.29. The Labute approximate surface area is 161 Å². The number of carbonyl (C=O) groups excluding carboxylic acids is 1. The Bertz CT molecular complexity index is 779. The molecule has 0 aliphatic carbocycles. The molecule has 4 rings (SSSR count). The number of amides is 1. The molecule has 1 saturated heterocycles. The highest BCUT2D eigenvalue weighted by Gasteiger charge is 2.27. The van der Waals surface area contributed by atoms with Gasteiger partial charge in [-0.1, -0.05) is 18.2 Å². The normalized spacial score (nSPS) is 18.6. The van der Waals surface area contributed by atoms with E-state index in [-0.39, 0.29) is 11.8 Å². The molecule has 0 radical (unpaired) electrons. The summed E-state index contributed by atoms with van der Waals surface area (Å²) in [7, 11) is 4.09. The Kier molecular flexibility index (Phi) is 5.32. The monoisotopic (exact) mass is 367 g/mol. The first-order valence-electron chi connectivity index (χ1n) is 9.87. The molecule has 0 bridgehead atoms. The van der Waals surface area contributed by atoms with E-state index in [1.54, 1.807) is 6.26 Å². The predicted octanol–water partition coefficient (Wildman–Crippen LogP) is 3.10. The third-order valence-electron chi connectivity index (χ3n) is 5.84. The summed E-state index contributed by atoms with van der Waals surface area (Å²) in [5.74, 6) is 1.42. The number of likely N-dealkylation sites (tertiary alicyclic amines) is 1. The maximum Gasteiger partial charge on any atom is 0.225 e. The van der Waals surface area contributed by atoms with Crippen LogP contribution in [0, 0.1) is 5.92 Å². The molecule has 1 amide bonds. The van der Waals surface area contributed by atoms with Gasteiger partial charge in [0.1, 0.15) is 5.76 Å². The van der Waals surface area contributed by atoms with Crippen LogP contribution in [0.2, 0.25) is 0 Å². The van der Waals surface area contributed by atoms with Crippen molar-refractivity contribution in [2.45, 2.75) is 39.0 Å². The van der Waals surface area contributed by atoms with Gasteiger partial charge in [-0.15, -0.1) is 0 Å². The Morgan fingerprint density at radius 3 is 2.70 bits per heavy atom. The topological polar surface area (TPSA) is 39.9 Å². The van der Waals surface area contributed by atoms with Gasteiger partial charge in [0.15, 0.2) is 0 Å². The number of nitrogens with zero attached hydrogens (tertiary/aromatic N) is 3. The van der Waals surface area contributed by atoms with Crippen molar-refractivity contribution < 1.29 is 9.21 Å². The lowest BCUT2D eigenvalue weighted by molar-refractivity contribution is -0.136. The van der Waals surface area contributed by atoms with Crippen LogP contribution >= 0.6 is 0 Å². The van der Waals surface area contributed by atoms with Crippen molar-refractivity contribution in [1.82, 2.24) is 14.7 Å². The number of furan rings is 1. The second-order valence-electron chi connectivity index (χ2n) is 8.10. The molecule has 1 aromatic carbocycles. The highest BCUT2D eigenvalue weighted by Crippen LogP contribution is 2.24. The zero-order valence-corrected chi connectivity index (χ0v) is 16.4. The van der Waals surface area contributed by atoms with Crippen LogP contribution in [0.4, 0.5) is 0 Å². The maximum absolute atomic E-state index is 12.9. The standard InChI is InChI=1S/C22H29N3O2/c1-23-14-19-6-5-17(12-20(19)15-23)13-24(2)22(26)18-7-9-25(10-8-18)16-21-4-3-11-27-21/h3-6,11-12,18H,7-10,13-16H2,1-2H3. The van der Waals surface area contributed by atoms with Gasteiger partial charge in [0.2, 0.25) is 5.91 Å². The first-order chi connectivity index (χ1) is 13.1. The molecule has 2 aromatic rings. The van der Waals surface area contributed by atoms with Crippen LogP contribution in [0.1, 0.15) is 35.3 Å². The molecule has 0 saturated carbocycles. The third-order valence-corrected chi connectivity index (χ3v) is 5.84. The van der Waals surface area contributed by atoms with Crippen molar-refractivity contribution >= 4 is 5.91 Å². The van der Waals surface area contributed by atoms with Gasteiger partial charge in [-0.3, -0.25) is 14.6 Å². The summed E-state index contributed by atoms with van der Waals surface area (Å²) >= 11 is 0. The number of rotatable bonds is 5. The average molecular weight is 367 g/mol. The van der Waals surface area contributed by atoms with Crippen LogP contribution in [0.3, 0.4) is 0 Å². The van der Waals surface area contributed by atoms with Gasteiger partial charge in [-0.2, -0.15) is 0 Å². The molecule has 0 unspecified atom stereocenters. The van der Waals surface area contributed by atoms with Gasteiger partial charge >= 0.3 is 0 Å². The van der Waals surface area contributed by atoms with Gasteiger partial charge in [0.25, 0.3) is 0 Å². The molecule has 1 aromatic heterocycles. The lowest BCUT2D eigenvalue weighted by Crippen LogP contribution is -2.40. The summed E-state index contributed by atoms with van der Waals surface area (Å²) in [4.78, 5) is 19.5. The molecule has 3 heterocycles. The zero-order chi connectivity index (χ0) is 18.8. The van der Waals surface area contributed by atoms with E-state index < -0.39 is 0 Å². The summed E-state index contributed by atoms with van der Waals surface area (Å²) < 4.78 is 5.43. The van der Waals surface area contributed by atoms with Gasteiger partial charge in [-0.05, 0) is 61.8 Å². The van der Waals surface area contributed by atoms with Crippen LogP contribution in [-0.4, -0.2) is 47.8 Å². The van der Waals surface area contributed by atoms with Crippen molar-refractivity contribution in [3.63, 3.8) is 0 Å².